The van der Waals surface area contributed by atoms with Gasteiger partial charge in [-0.1, -0.05) is 17.2 Å². The Balaban J connectivity index is 2.27. The van der Waals surface area contributed by atoms with E-state index in [1.54, 1.807) is 0 Å². The zero-order chi connectivity index (χ0) is 12.1. The van der Waals surface area contributed by atoms with Crippen molar-refractivity contribution in [2.45, 2.75) is 13.5 Å². The first-order valence-electron chi connectivity index (χ1n) is 5.74. The van der Waals surface area contributed by atoms with Gasteiger partial charge >= 0.3 is 0 Å². The minimum atomic E-state index is 0.406. The highest BCUT2D eigenvalue weighted by Crippen LogP contribution is 2.24. The van der Waals surface area contributed by atoms with Crippen molar-refractivity contribution in [2.75, 3.05) is 31.2 Å². The van der Waals surface area contributed by atoms with Gasteiger partial charge in [-0.25, -0.2) is 0 Å². The van der Waals surface area contributed by atoms with Crippen molar-refractivity contribution in [1.29, 1.82) is 0 Å². The molecule has 1 aromatic rings. The molecule has 5 nitrogen and oxygen atoms in total. The molecule has 1 heterocycles. The highest BCUT2D eigenvalue weighted by Gasteiger charge is 2.14. The summed E-state index contributed by atoms with van der Waals surface area (Å²) in [6.45, 7) is 5.79. The molecule has 0 radical (unpaired) electrons. The van der Waals surface area contributed by atoms with E-state index in [4.69, 9.17) is 10.3 Å². The van der Waals surface area contributed by atoms with Gasteiger partial charge in [-0.15, -0.1) is 0 Å². The predicted octanol–water partition coefficient (Wildman–Crippen LogP) is 2.64. The van der Waals surface area contributed by atoms with E-state index in [1.165, 1.54) is 11.3 Å². The Labute approximate surface area is 101 Å². The number of hydrogen-bond donors (Lipinski definition) is 0. The van der Waals surface area contributed by atoms with Crippen molar-refractivity contribution in [3.05, 3.63) is 39.8 Å². The smallest absolute Gasteiger partial charge is 0.0642 e. The first-order valence-corrected chi connectivity index (χ1v) is 5.74. The monoisotopic (exact) mass is 232 g/mol. The Bertz CT molecular complexity index is 434. The van der Waals surface area contributed by atoms with Gasteiger partial charge in [-0.05, 0) is 29.6 Å². The highest BCUT2D eigenvalue weighted by atomic mass is 16.5. The predicted molar refractivity (Wildman–Crippen MR) is 67.1 cm³/mol. The van der Waals surface area contributed by atoms with Crippen molar-refractivity contribution >= 4 is 5.69 Å². The first-order chi connectivity index (χ1) is 8.31. The Hall–Kier alpha value is -1.71. The van der Waals surface area contributed by atoms with Crippen LogP contribution in [0.1, 0.15) is 11.1 Å². The van der Waals surface area contributed by atoms with Crippen LogP contribution in [0.3, 0.4) is 0 Å². The van der Waals surface area contributed by atoms with Crippen molar-refractivity contribution < 1.29 is 4.74 Å². The molecule has 2 rings (SSSR count). The van der Waals surface area contributed by atoms with Gasteiger partial charge in [-0.2, -0.15) is 0 Å². The Kier molecular flexibility index (Phi) is 3.85. The van der Waals surface area contributed by atoms with E-state index < -0.39 is 0 Å². The summed E-state index contributed by atoms with van der Waals surface area (Å²) in [4.78, 5) is 5.11. The van der Waals surface area contributed by atoms with Crippen LogP contribution in [0.2, 0.25) is 0 Å². The molecule has 5 heteroatoms. The molecule has 0 unspecified atom stereocenters. The van der Waals surface area contributed by atoms with Gasteiger partial charge < -0.3 is 9.64 Å². The lowest BCUT2D eigenvalue weighted by Crippen LogP contribution is -2.36. The third kappa shape index (κ3) is 2.90. The standard InChI is InChI=1S/C12H16N4O/c1-10-2-3-11(9-14-15-13)12(8-10)16-4-6-17-7-5-16/h2-3,8H,4-7,9H2,1H3. The number of rotatable bonds is 3. The van der Waals surface area contributed by atoms with Crippen molar-refractivity contribution in [2.24, 2.45) is 5.11 Å². The van der Waals surface area contributed by atoms with Crippen LogP contribution < -0.4 is 4.90 Å². The van der Waals surface area contributed by atoms with Crippen LogP contribution in [-0.4, -0.2) is 26.3 Å². The molecule has 1 aromatic carbocycles. The average Bonchev–Trinajstić information content (AvgIpc) is 2.38. The van der Waals surface area contributed by atoms with Gasteiger partial charge in [0.15, 0.2) is 0 Å². The van der Waals surface area contributed by atoms with Crippen LogP contribution in [0.25, 0.3) is 10.4 Å². The summed E-state index contributed by atoms with van der Waals surface area (Å²) in [5.74, 6) is 0. The summed E-state index contributed by atoms with van der Waals surface area (Å²) in [6.07, 6.45) is 0. The molecule has 1 fully saturated rings. The maximum absolute atomic E-state index is 8.41. The van der Waals surface area contributed by atoms with E-state index in [2.05, 4.69) is 27.9 Å². The zero-order valence-corrected chi connectivity index (χ0v) is 9.96. The van der Waals surface area contributed by atoms with Gasteiger partial charge in [0.1, 0.15) is 0 Å². The molecule has 1 aliphatic rings. The molecule has 90 valence electrons. The van der Waals surface area contributed by atoms with Gasteiger partial charge in [0.05, 0.1) is 19.8 Å². The number of morpholine rings is 1. The van der Waals surface area contributed by atoms with E-state index in [0.29, 0.717) is 6.54 Å². The summed E-state index contributed by atoms with van der Waals surface area (Å²) in [5.41, 5.74) is 11.9. The lowest BCUT2D eigenvalue weighted by Gasteiger charge is -2.30. The molecule has 1 saturated heterocycles. The third-order valence-electron chi connectivity index (χ3n) is 2.90. The molecule has 0 N–H and O–H groups in total. The average molecular weight is 232 g/mol. The van der Waals surface area contributed by atoms with E-state index in [-0.39, 0.29) is 0 Å². The molecule has 0 amide bonds. The number of ether oxygens (including phenoxy) is 1. The molecule has 0 saturated carbocycles. The normalized spacial score (nSPS) is 15.5. The first kappa shape index (κ1) is 11.8. The van der Waals surface area contributed by atoms with Gasteiger partial charge in [0.2, 0.25) is 0 Å². The van der Waals surface area contributed by atoms with E-state index in [9.17, 15) is 0 Å². The van der Waals surface area contributed by atoms with Crippen molar-refractivity contribution in [1.82, 2.24) is 0 Å². The van der Waals surface area contributed by atoms with E-state index in [1.807, 2.05) is 12.1 Å². The number of benzene rings is 1. The molecule has 17 heavy (non-hydrogen) atoms. The van der Waals surface area contributed by atoms with Crippen LogP contribution in [0.4, 0.5) is 5.69 Å². The van der Waals surface area contributed by atoms with Crippen LogP contribution in [0, 0.1) is 6.92 Å². The lowest BCUT2D eigenvalue weighted by atomic mass is 10.1. The maximum Gasteiger partial charge on any atom is 0.0642 e. The Morgan fingerprint density at radius 3 is 2.88 bits per heavy atom. The highest BCUT2D eigenvalue weighted by molar-refractivity contribution is 5.55. The molecular formula is C12H16N4O. The Morgan fingerprint density at radius 1 is 1.41 bits per heavy atom. The number of hydrogen-bond acceptors (Lipinski definition) is 3. The number of anilines is 1. The maximum atomic E-state index is 8.41. The summed E-state index contributed by atoms with van der Waals surface area (Å²) < 4.78 is 5.35. The molecule has 0 bridgehead atoms. The number of azide groups is 1. The van der Waals surface area contributed by atoms with Crippen molar-refractivity contribution in [3.63, 3.8) is 0 Å². The fraction of sp³-hybridized carbons (Fsp3) is 0.500. The quantitative estimate of drug-likeness (QED) is 0.457. The molecule has 0 atom stereocenters. The lowest BCUT2D eigenvalue weighted by molar-refractivity contribution is 0.122. The van der Waals surface area contributed by atoms with Crippen LogP contribution >= 0.6 is 0 Å². The SMILES string of the molecule is Cc1ccc(CN=[N+]=[N-])c(N2CCOCC2)c1. The molecule has 0 spiro atoms. The fourth-order valence-corrected chi connectivity index (χ4v) is 2.01. The van der Waals surface area contributed by atoms with Crippen molar-refractivity contribution in [3.8, 4) is 0 Å². The minimum absolute atomic E-state index is 0.406. The fourth-order valence-electron chi connectivity index (χ4n) is 2.01. The second-order valence-corrected chi connectivity index (χ2v) is 4.12. The van der Waals surface area contributed by atoms with Crippen LogP contribution in [0.15, 0.2) is 23.3 Å². The Morgan fingerprint density at radius 2 is 2.18 bits per heavy atom. The molecular weight excluding hydrogens is 216 g/mol. The second-order valence-electron chi connectivity index (χ2n) is 4.12. The summed E-state index contributed by atoms with van der Waals surface area (Å²) in [5, 5.41) is 3.65. The summed E-state index contributed by atoms with van der Waals surface area (Å²) >= 11 is 0. The molecule has 0 aliphatic carbocycles. The molecule has 0 aromatic heterocycles. The van der Waals surface area contributed by atoms with Gasteiger partial charge in [0, 0.05) is 23.7 Å². The second kappa shape index (κ2) is 5.57. The minimum Gasteiger partial charge on any atom is -0.378 e. The summed E-state index contributed by atoms with van der Waals surface area (Å²) in [6, 6.07) is 6.23. The van der Waals surface area contributed by atoms with Crippen LogP contribution in [0.5, 0.6) is 0 Å². The summed E-state index contributed by atoms with van der Waals surface area (Å²) in [7, 11) is 0. The van der Waals surface area contributed by atoms with E-state index >= 15 is 0 Å². The molecule has 1 aliphatic heterocycles. The van der Waals surface area contributed by atoms with Gasteiger partial charge in [-0.3, -0.25) is 0 Å². The van der Waals surface area contributed by atoms with Crippen LogP contribution in [-0.2, 0) is 11.3 Å². The topological polar surface area (TPSA) is 61.2 Å². The largest absolute Gasteiger partial charge is 0.378 e. The number of aryl methyl sites for hydroxylation is 1. The third-order valence-corrected chi connectivity index (χ3v) is 2.90. The van der Waals surface area contributed by atoms with E-state index in [0.717, 1.165) is 31.9 Å². The number of nitrogens with zero attached hydrogens (tertiary/aromatic N) is 4. The van der Waals surface area contributed by atoms with Gasteiger partial charge in [0.25, 0.3) is 0 Å². The zero-order valence-electron chi connectivity index (χ0n) is 9.96.